The van der Waals surface area contributed by atoms with Crippen LogP contribution in [-0.2, 0) is 9.53 Å². The Morgan fingerprint density at radius 1 is 1.45 bits per heavy atom. The van der Waals surface area contributed by atoms with Crippen LogP contribution < -0.4 is 11.1 Å². The maximum atomic E-state index is 13.0. The molecule has 0 atom stereocenters. The minimum absolute atomic E-state index is 0. The van der Waals surface area contributed by atoms with Crippen molar-refractivity contribution in [3.05, 3.63) is 29.6 Å². The van der Waals surface area contributed by atoms with E-state index >= 15 is 0 Å². The number of rotatable bonds is 3. The third kappa shape index (κ3) is 3.48. The molecule has 0 radical (unpaired) electrons. The molecule has 1 aromatic rings. The van der Waals surface area contributed by atoms with E-state index in [1.54, 1.807) is 13.0 Å². The standard InChI is InChI=1S/C14H19FN2O2.ClH/c1-10-8-11(15)2-3-12(10)17-13(18)14(9-16)4-6-19-7-5-14;/h2-3,8H,4-7,9,16H2,1H3,(H,17,18);1H. The zero-order valence-electron chi connectivity index (χ0n) is 11.4. The van der Waals surface area contributed by atoms with Gasteiger partial charge in [-0.05, 0) is 43.5 Å². The molecular formula is C14H20ClFN2O2. The molecule has 0 aliphatic carbocycles. The number of anilines is 1. The number of halogens is 2. The van der Waals surface area contributed by atoms with Gasteiger partial charge in [-0.2, -0.15) is 0 Å². The topological polar surface area (TPSA) is 64.4 Å². The third-order valence-corrected chi connectivity index (χ3v) is 3.76. The number of carbonyl (C=O) groups is 1. The highest BCUT2D eigenvalue weighted by Gasteiger charge is 2.38. The Labute approximate surface area is 124 Å². The van der Waals surface area contributed by atoms with Gasteiger partial charge in [-0.15, -0.1) is 12.4 Å². The van der Waals surface area contributed by atoms with Gasteiger partial charge in [-0.3, -0.25) is 4.79 Å². The molecule has 1 heterocycles. The van der Waals surface area contributed by atoms with Gasteiger partial charge in [-0.25, -0.2) is 4.39 Å². The fourth-order valence-electron chi connectivity index (χ4n) is 2.31. The highest BCUT2D eigenvalue weighted by atomic mass is 35.5. The van der Waals surface area contributed by atoms with Crippen molar-refractivity contribution in [2.24, 2.45) is 11.1 Å². The quantitative estimate of drug-likeness (QED) is 0.900. The SMILES string of the molecule is Cc1cc(F)ccc1NC(=O)C1(CN)CCOCC1.Cl. The van der Waals surface area contributed by atoms with Crippen LogP contribution in [0.25, 0.3) is 0 Å². The molecule has 1 aliphatic heterocycles. The van der Waals surface area contributed by atoms with Crippen molar-refractivity contribution in [3.8, 4) is 0 Å². The van der Waals surface area contributed by atoms with Crippen LogP contribution in [0.2, 0.25) is 0 Å². The molecule has 2 rings (SSSR count). The van der Waals surface area contributed by atoms with Gasteiger partial charge in [0.2, 0.25) is 5.91 Å². The number of hydrogen-bond acceptors (Lipinski definition) is 3. The molecule has 0 spiro atoms. The summed E-state index contributed by atoms with van der Waals surface area (Å²) in [7, 11) is 0. The fraction of sp³-hybridized carbons (Fsp3) is 0.500. The van der Waals surface area contributed by atoms with E-state index in [1.165, 1.54) is 12.1 Å². The van der Waals surface area contributed by atoms with E-state index in [1.807, 2.05) is 0 Å². The van der Waals surface area contributed by atoms with E-state index in [-0.39, 0.29) is 24.1 Å². The zero-order valence-corrected chi connectivity index (χ0v) is 12.3. The van der Waals surface area contributed by atoms with E-state index in [9.17, 15) is 9.18 Å². The second-order valence-electron chi connectivity index (χ2n) is 5.01. The molecule has 1 fully saturated rings. The van der Waals surface area contributed by atoms with Gasteiger partial charge in [0.15, 0.2) is 0 Å². The lowest BCUT2D eigenvalue weighted by atomic mass is 9.79. The molecule has 1 amide bonds. The number of nitrogens with one attached hydrogen (secondary N) is 1. The van der Waals surface area contributed by atoms with Gasteiger partial charge < -0.3 is 15.8 Å². The second-order valence-corrected chi connectivity index (χ2v) is 5.01. The number of benzene rings is 1. The minimum atomic E-state index is -0.570. The van der Waals surface area contributed by atoms with Gasteiger partial charge >= 0.3 is 0 Å². The van der Waals surface area contributed by atoms with E-state index in [0.717, 1.165) is 0 Å². The summed E-state index contributed by atoms with van der Waals surface area (Å²) >= 11 is 0. The molecule has 3 N–H and O–H groups in total. The van der Waals surface area contributed by atoms with Crippen LogP contribution in [0.15, 0.2) is 18.2 Å². The first-order chi connectivity index (χ1) is 9.07. The smallest absolute Gasteiger partial charge is 0.232 e. The molecule has 4 nitrogen and oxygen atoms in total. The molecule has 6 heteroatoms. The highest BCUT2D eigenvalue weighted by molar-refractivity contribution is 5.96. The molecule has 0 aromatic heterocycles. The summed E-state index contributed by atoms with van der Waals surface area (Å²) in [5, 5.41) is 2.86. The Balaban J connectivity index is 0.00000200. The maximum Gasteiger partial charge on any atom is 0.232 e. The molecule has 1 aromatic carbocycles. The largest absolute Gasteiger partial charge is 0.381 e. The molecule has 112 valence electrons. The van der Waals surface area contributed by atoms with Crippen molar-refractivity contribution in [1.82, 2.24) is 0 Å². The maximum absolute atomic E-state index is 13.0. The number of aryl methyl sites for hydroxylation is 1. The Morgan fingerprint density at radius 2 is 2.10 bits per heavy atom. The third-order valence-electron chi connectivity index (χ3n) is 3.76. The van der Waals surface area contributed by atoms with Gasteiger partial charge in [0.1, 0.15) is 5.82 Å². The van der Waals surface area contributed by atoms with Gasteiger partial charge in [0.05, 0.1) is 5.41 Å². The molecule has 0 unspecified atom stereocenters. The monoisotopic (exact) mass is 302 g/mol. The first-order valence-electron chi connectivity index (χ1n) is 6.43. The van der Waals surface area contributed by atoms with Crippen molar-refractivity contribution in [2.45, 2.75) is 19.8 Å². The van der Waals surface area contributed by atoms with Crippen LogP contribution in [0.1, 0.15) is 18.4 Å². The van der Waals surface area contributed by atoms with Crippen LogP contribution in [0.5, 0.6) is 0 Å². The molecule has 0 saturated carbocycles. The lowest BCUT2D eigenvalue weighted by molar-refractivity contribution is -0.130. The van der Waals surface area contributed by atoms with E-state index in [4.69, 9.17) is 10.5 Å². The van der Waals surface area contributed by atoms with Crippen LogP contribution in [0, 0.1) is 18.2 Å². The summed E-state index contributed by atoms with van der Waals surface area (Å²) < 4.78 is 18.3. The summed E-state index contributed by atoms with van der Waals surface area (Å²) in [5.41, 5.74) is 6.54. The number of ether oxygens (including phenoxy) is 1. The van der Waals surface area contributed by atoms with Crippen LogP contribution in [-0.4, -0.2) is 25.7 Å². The predicted octanol–water partition coefficient (Wildman–Crippen LogP) is 2.25. The Hall–Kier alpha value is -1.17. The minimum Gasteiger partial charge on any atom is -0.381 e. The zero-order chi connectivity index (χ0) is 13.9. The Kier molecular flexibility index (Phi) is 5.92. The Morgan fingerprint density at radius 3 is 2.65 bits per heavy atom. The van der Waals surface area contributed by atoms with Crippen molar-refractivity contribution in [1.29, 1.82) is 0 Å². The first-order valence-corrected chi connectivity index (χ1v) is 6.43. The number of amides is 1. The molecule has 1 saturated heterocycles. The van der Waals surface area contributed by atoms with Crippen molar-refractivity contribution < 1.29 is 13.9 Å². The Bertz CT molecular complexity index is 476. The first kappa shape index (κ1) is 16.9. The van der Waals surface area contributed by atoms with Gasteiger partial charge in [-0.1, -0.05) is 0 Å². The van der Waals surface area contributed by atoms with Crippen molar-refractivity contribution >= 4 is 24.0 Å². The lowest BCUT2D eigenvalue weighted by Crippen LogP contribution is -2.46. The lowest BCUT2D eigenvalue weighted by Gasteiger charge is -2.34. The summed E-state index contributed by atoms with van der Waals surface area (Å²) in [6.45, 7) is 3.15. The molecule has 1 aliphatic rings. The van der Waals surface area contributed by atoms with Crippen molar-refractivity contribution in [2.75, 3.05) is 25.1 Å². The average Bonchev–Trinajstić information content (AvgIpc) is 2.42. The number of carbonyl (C=O) groups excluding carboxylic acids is 1. The van der Waals surface area contributed by atoms with Crippen molar-refractivity contribution in [3.63, 3.8) is 0 Å². The van der Waals surface area contributed by atoms with Gasteiger partial charge in [0, 0.05) is 25.4 Å². The molecule has 0 bridgehead atoms. The summed E-state index contributed by atoms with van der Waals surface area (Å²) in [6, 6.07) is 4.31. The molecular weight excluding hydrogens is 283 g/mol. The van der Waals surface area contributed by atoms with E-state index in [2.05, 4.69) is 5.32 Å². The molecule has 20 heavy (non-hydrogen) atoms. The fourth-order valence-corrected chi connectivity index (χ4v) is 2.31. The van der Waals surface area contributed by atoms with Crippen LogP contribution in [0.3, 0.4) is 0 Å². The average molecular weight is 303 g/mol. The van der Waals surface area contributed by atoms with E-state index in [0.29, 0.717) is 43.9 Å². The van der Waals surface area contributed by atoms with Crippen LogP contribution in [0.4, 0.5) is 10.1 Å². The number of hydrogen-bond donors (Lipinski definition) is 2. The summed E-state index contributed by atoms with van der Waals surface area (Å²) in [6.07, 6.45) is 1.24. The summed E-state index contributed by atoms with van der Waals surface area (Å²) in [5.74, 6) is -0.414. The highest BCUT2D eigenvalue weighted by Crippen LogP contribution is 2.31. The van der Waals surface area contributed by atoms with Gasteiger partial charge in [0.25, 0.3) is 0 Å². The second kappa shape index (κ2) is 7.02. The van der Waals surface area contributed by atoms with E-state index < -0.39 is 5.41 Å². The summed E-state index contributed by atoms with van der Waals surface area (Å²) in [4.78, 5) is 12.4. The normalized spacial score (nSPS) is 17.1. The van der Waals surface area contributed by atoms with Crippen LogP contribution >= 0.6 is 12.4 Å². The number of nitrogens with two attached hydrogens (primary N) is 1. The predicted molar refractivity (Wildman–Crippen MR) is 78.6 cm³/mol.